The van der Waals surface area contributed by atoms with E-state index in [1.165, 1.54) is 51.5 Å². The Hall–Kier alpha value is -6.38. The van der Waals surface area contributed by atoms with Crippen molar-refractivity contribution in [3.8, 4) is 31.3 Å². The second kappa shape index (κ2) is 14.5. The Morgan fingerprint density at radius 3 is 1.33 bits per heavy atom. The fraction of sp³-hybridized carbons (Fsp3) is 0. The van der Waals surface area contributed by atoms with E-state index < -0.39 is 0 Å². The van der Waals surface area contributed by atoms with Gasteiger partial charge in [0.1, 0.15) is 5.00 Å². The van der Waals surface area contributed by atoms with Gasteiger partial charge in [0.15, 0.2) is 0 Å². The highest BCUT2D eigenvalue weighted by Crippen LogP contribution is 2.46. The van der Waals surface area contributed by atoms with Crippen molar-refractivity contribution in [1.29, 1.82) is 0 Å². The quantitative estimate of drug-likeness (QED) is 0.147. The van der Waals surface area contributed by atoms with Gasteiger partial charge in [0, 0.05) is 88.0 Å². The average molecular weight is 761 g/mol. The maximum Gasteiger partial charge on any atom is 0.101 e. The molecule has 0 aliphatic carbocycles. The zero-order valence-corrected chi connectivity index (χ0v) is 31.9. The highest BCUT2D eigenvalue weighted by molar-refractivity contribution is 7.26. The molecular formula is C48H32N4S3. The summed E-state index contributed by atoms with van der Waals surface area (Å²) in [7, 11) is 0. The molecule has 10 rings (SSSR count). The predicted molar refractivity (Wildman–Crippen MR) is 236 cm³/mol. The molecule has 55 heavy (non-hydrogen) atoms. The molecule has 0 fully saturated rings. The van der Waals surface area contributed by atoms with Crippen LogP contribution in [0.5, 0.6) is 0 Å². The van der Waals surface area contributed by atoms with E-state index in [-0.39, 0.29) is 0 Å². The molecule has 5 aromatic heterocycles. The lowest BCUT2D eigenvalue weighted by Gasteiger charge is -2.25. The van der Waals surface area contributed by atoms with Crippen LogP contribution in [0, 0.1) is 0 Å². The first kappa shape index (κ1) is 33.2. The Kier molecular flexibility index (Phi) is 8.73. The minimum Gasteiger partial charge on any atom is -0.310 e. The van der Waals surface area contributed by atoms with Gasteiger partial charge in [-0.3, -0.25) is 9.97 Å². The molecule has 0 N–H and O–H groups in total. The lowest BCUT2D eigenvalue weighted by molar-refractivity contribution is 1.25. The van der Waals surface area contributed by atoms with Crippen LogP contribution in [-0.2, 0) is 0 Å². The molecule has 0 bridgehead atoms. The molecule has 5 heterocycles. The number of nitrogens with zero attached hydrogens (tertiary/aromatic N) is 4. The summed E-state index contributed by atoms with van der Waals surface area (Å²) in [5.74, 6) is 0. The van der Waals surface area contributed by atoms with E-state index in [1.54, 1.807) is 11.3 Å². The third-order valence-corrected chi connectivity index (χ3v) is 13.2. The summed E-state index contributed by atoms with van der Waals surface area (Å²) in [5.41, 5.74) is 9.13. The summed E-state index contributed by atoms with van der Waals surface area (Å²) in [6.45, 7) is 0. The van der Waals surface area contributed by atoms with Gasteiger partial charge in [-0.25, -0.2) is 0 Å². The number of fused-ring (bicyclic) bond motifs is 3. The smallest absolute Gasteiger partial charge is 0.101 e. The standard InChI is InChI=1S/C48H32N4S3/c1-3-7-33(8-4-1)43-19-20-44(53-43)35-11-13-36(14-12-35)51(37-23-27-49-28-24-37)39-15-17-41-42-18-16-40(32-47(42)54-46(41)31-39)52(38-25-29-50-30-26-38)48-22-21-45(55-48)34-9-5-2-6-10-34/h1-32H. The van der Waals surface area contributed by atoms with Crippen molar-refractivity contribution in [2.75, 3.05) is 9.80 Å². The zero-order valence-electron chi connectivity index (χ0n) is 29.5. The van der Waals surface area contributed by atoms with Crippen LogP contribution in [0.1, 0.15) is 0 Å². The number of thiophene rings is 3. The first-order valence-corrected chi connectivity index (χ1v) is 20.5. The Morgan fingerprint density at radius 1 is 0.327 bits per heavy atom. The highest BCUT2D eigenvalue weighted by Gasteiger charge is 2.19. The molecule has 0 unspecified atom stereocenters. The van der Waals surface area contributed by atoms with Gasteiger partial charge >= 0.3 is 0 Å². The van der Waals surface area contributed by atoms with E-state index in [4.69, 9.17) is 0 Å². The molecule has 0 aliphatic heterocycles. The van der Waals surface area contributed by atoms with Gasteiger partial charge in [-0.2, -0.15) is 0 Å². The SMILES string of the molecule is c1ccc(-c2ccc(-c3ccc(N(c4ccncc4)c4ccc5c(c4)sc4cc(N(c6ccncc6)c6ccc(-c7ccccc7)s6)ccc45)cc3)s2)cc1. The lowest BCUT2D eigenvalue weighted by atomic mass is 10.1. The van der Waals surface area contributed by atoms with Gasteiger partial charge in [-0.1, -0.05) is 84.9 Å². The van der Waals surface area contributed by atoms with Crippen LogP contribution in [-0.4, -0.2) is 9.97 Å². The number of anilines is 6. The summed E-state index contributed by atoms with van der Waals surface area (Å²) in [4.78, 5) is 17.1. The molecule has 0 atom stereocenters. The molecule has 0 saturated heterocycles. The van der Waals surface area contributed by atoms with Crippen LogP contribution in [0.2, 0.25) is 0 Å². The Bertz CT molecular complexity index is 2870. The van der Waals surface area contributed by atoms with Gasteiger partial charge in [-0.05, 0) is 102 Å². The summed E-state index contributed by atoms with van der Waals surface area (Å²) in [6, 6.07) is 60.9. The zero-order chi connectivity index (χ0) is 36.6. The van der Waals surface area contributed by atoms with E-state index in [0.717, 1.165) is 33.4 Å². The third kappa shape index (κ3) is 6.49. The predicted octanol–water partition coefficient (Wildman–Crippen LogP) is 14.9. The van der Waals surface area contributed by atoms with Crippen molar-refractivity contribution in [1.82, 2.24) is 9.97 Å². The van der Waals surface area contributed by atoms with Crippen molar-refractivity contribution in [3.63, 3.8) is 0 Å². The molecule has 5 aromatic carbocycles. The molecule has 10 aromatic rings. The van der Waals surface area contributed by atoms with E-state index in [9.17, 15) is 0 Å². The monoisotopic (exact) mass is 760 g/mol. The minimum atomic E-state index is 1.06. The molecule has 0 amide bonds. The molecule has 262 valence electrons. The Balaban J connectivity index is 1.01. The number of rotatable bonds is 9. The molecule has 0 spiro atoms. The molecule has 0 saturated carbocycles. The highest BCUT2D eigenvalue weighted by atomic mass is 32.1. The largest absolute Gasteiger partial charge is 0.310 e. The maximum atomic E-state index is 4.33. The molecule has 7 heteroatoms. The van der Waals surface area contributed by atoms with Crippen molar-refractivity contribution in [2.45, 2.75) is 0 Å². The van der Waals surface area contributed by atoms with Crippen LogP contribution in [0.4, 0.5) is 33.4 Å². The number of hydrogen-bond donors (Lipinski definition) is 0. The number of pyridine rings is 2. The van der Waals surface area contributed by atoms with Gasteiger partial charge in [-0.15, -0.1) is 34.0 Å². The fourth-order valence-electron chi connectivity index (χ4n) is 7.10. The Morgan fingerprint density at radius 2 is 0.764 bits per heavy atom. The van der Waals surface area contributed by atoms with Gasteiger partial charge in [0.25, 0.3) is 0 Å². The second-order valence-corrected chi connectivity index (χ2v) is 16.4. The summed E-state index contributed by atoms with van der Waals surface area (Å²) >= 11 is 5.45. The molecule has 4 nitrogen and oxygen atoms in total. The van der Waals surface area contributed by atoms with Gasteiger partial charge in [0.2, 0.25) is 0 Å². The first-order valence-electron chi connectivity index (χ1n) is 18.0. The summed E-state index contributed by atoms with van der Waals surface area (Å²) < 4.78 is 2.49. The Labute approximate surface area is 331 Å². The fourth-order valence-corrected chi connectivity index (χ4v) is 10.3. The van der Waals surface area contributed by atoms with Gasteiger partial charge in [0.05, 0.1) is 0 Å². The third-order valence-electron chi connectivity index (χ3n) is 9.74. The minimum absolute atomic E-state index is 1.06. The topological polar surface area (TPSA) is 32.3 Å². The molecular weight excluding hydrogens is 729 g/mol. The first-order chi connectivity index (χ1) is 27.2. The number of aromatic nitrogens is 2. The normalized spacial score (nSPS) is 11.3. The van der Waals surface area contributed by atoms with E-state index in [0.29, 0.717) is 0 Å². The van der Waals surface area contributed by atoms with Crippen molar-refractivity contribution in [3.05, 3.63) is 195 Å². The van der Waals surface area contributed by atoms with Crippen LogP contribution in [0.25, 0.3) is 51.5 Å². The van der Waals surface area contributed by atoms with Crippen LogP contribution < -0.4 is 9.80 Å². The van der Waals surface area contributed by atoms with Crippen LogP contribution in [0.3, 0.4) is 0 Å². The number of hydrogen-bond acceptors (Lipinski definition) is 7. The molecule has 0 radical (unpaired) electrons. The van der Waals surface area contributed by atoms with Gasteiger partial charge < -0.3 is 9.80 Å². The van der Waals surface area contributed by atoms with Crippen molar-refractivity contribution >= 4 is 87.6 Å². The van der Waals surface area contributed by atoms with Crippen LogP contribution in [0.15, 0.2) is 195 Å². The maximum absolute atomic E-state index is 4.33. The second-order valence-electron chi connectivity index (χ2n) is 13.1. The lowest BCUT2D eigenvalue weighted by Crippen LogP contribution is -2.09. The van der Waals surface area contributed by atoms with Crippen molar-refractivity contribution in [2.24, 2.45) is 0 Å². The average Bonchev–Trinajstić information content (AvgIpc) is 4.02. The van der Waals surface area contributed by atoms with Crippen LogP contribution >= 0.6 is 34.0 Å². The van der Waals surface area contributed by atoms with Crippen molar-refractivity contribution < 1.29 is 0 Å². The summed E-state index contributed by atoms with van der Waals surface area (Å²) in [5, 5.41) is 3.67. The van der Waals surface area contributed by atoms with E-state index >= 15 is 0 Å². The number of benzene rings is 5. The van der Waals surface area contributed by atoms with E-state index in [2.05, 4.69) is 190 Å². The molecule has 0 aliphatic rings. The van der Waals surface area contributed by atoms with E-state index in [1.807, 2.05) is 47.5 Å². The summed E-state index contributed by atoms with van der Waals surface area (Å²) in [6.07, 6.45) is 7.44.